The molecule has 2 aromatic rings. The molecule has 0 radical (unpaired) electrons. The SMILES string of the molecule is CC(=C=C[C@@H](O[Si](C(C)C)(C(C)C)C(C)C)C(=O)NS(=O)(=O)c1ccc(C)cc1)[C@H](O)c1ccccc1. The summed E-state index contributed by atoms with van der Waals surface area (Å²) in [4.78, 5) is 13.5. The quantitative estimate of drug-likeness (QED) is 0.260. The molecule has 202 valence electrons. The first-order valence-corrected chi connectivity index (χ1v) is 16.3. The van der Waals surface area contributed by atoms with Crippen LogP contribution in [0, 0.1) is 6.92 Å². The molecule has 8 heteroatoms. The molecule has 0 fully saturated rings. The fraction of sp³-hybridized carbons (Fsp3) is 0.448. The van der Waals surface area contributed by atoms with E-state index >= 15 is 0 Å². The highest BCUT2D eigenvalue weighted by Gasteiger charge is 2.47. The minimum absolute atomic E-state index is 0.000453. The Balaban J connectivity index is 2.52. The summed E-state index contributed by atoms with van der Waals surface area (Å²) in [6.07, 6.45) is -0.673. The number of aliphatic hydroxyl groups excluding tert-OH is 1. The lowest BCUT2D eigenvalue weighted by Gasteiger charge is -2.43. The largest absolute Gasteiger partial charge is 0.401 e. The molecule has 1 amide bonds. The smallest absolute Gasteiger partial charge is 0.266 e. The number of aryl methyl sites for hydroxylation is 1. The lowest BCUT2D eigenvalue weighted by atomic mass is 10.0. The molecule has 2 atom stereocenters. The number of benzene rings is 2. The Morgan fingerprint density at radius 1 is 0.946 bits per heavy atom. The van der Waals surface area contributed by atoms with Crippen LogP contribution in [0.4, 0.5) is 0 Å². The van der Waals surface area contributed by atoms with Crippen LogP contribution >= 0.6 is 0 Å². The maximum atomic E-state index is 13.5. The third-order valence-corrected chi connectivity index (χ3v) is 14.3. The molecule has 2 rings (SSSR count). The van der Waals surface area contributed by atoms with Gasteiger partial charge in [0.1, 0.15) is 6.10 Å². The Kier molecular flexibility index (Phi) is 10.7. The molecule has 0 saturated carbocycles. The van der Waals surface area contributed by atoms with Gasteiger partial charge in [-0.25, -0.2) is 13.1 Å². The van der Waals surface area contributed by atoms with E-state index in [1.165, 1.54) is 18.2 Å². The summed E-state index contributed by atoms with van der Waals surface area (Å²) in [7, 11) is -6.68. The Labute approximate surface area is 223 Å². The molecule has 0 heterocycles. The first-order chi connectivity index (χ1) is 17.2. The van der Waals surface area contributed by atoms with Gasteiger partial charge in [-0.15, -0.1) is 5.73 Å². The van der Waals surface area contributed by atoms with E-state index in [4.69, 9.17) is 4.43 Å². The van der Waals surface area contributed by atoms with Crippen molar-refractivity contribution in [3.8, 4) is 0 Å². The molecule has 0 bridgehead atoms. The highest BCUT2D eigenvalue weighted by atomic mass is 32.2. The maximum Gasteiger partial charge on any atom is 0.266 e. The van der Waals surface area contributed by atoms with Crippen molar-refractivity contribution >= 4 is 24.2 Å². The molecule has 2 N–H and O–H groups in total. The van der Waals surface area contributed by atoms with Gasteiger partial charge in [-0.3, -0.25) is 4.79 Å². The van der Waals surface area contributed by atoms with Crippen LogP contribution in [-0.2, 0) is 19.2 Å². The summed E-state index contributed by atoms with van der Waals surface area (Å²) in [6, 6.07) is 15.4. The first-order valence-electron chi connectivity index (χ1n) is 12.7. The maximum absolute atomic E-state index is 13.5. The molecule has 0 aromatic heterocycles. The zero-order valence-electron chi connectivity index (χ0n) is 23.1. The third kappa shape index (κ3) is 7.52. The summed E-state index contributed by atoms with van der Waals surface area (Å²) in [6.45, 7) is 16.1. The highest BCUT2D eigenvalue weighted by Crippen LogP contribution is 2.43. The van der Waals surface area contributed by atoms with Crippen LogP contribution in [0.25, 0.3) is 0 Å². The fourth-order valence-electron chi connectivity index (χ4n) is 4.93. The van der Waals surface area contributed by atoms with Crippen molar-refractivity contribution in [2.45, 2.75) is 89.1 Å². The second-order valence-electron chi connectivity index (χ2n) is 10.4. The van der Waals surface area contributed by atoms with Gasteiger partial charge in [0.05, 0.1) is 4.90 Å². The van der Waals surface area contributed by atoms with Gasteiger partial charge in [0.25, 0.3) is 15.9 Å². The molecule has 2 aromatic carbocycles. The number of amides is 1. The third-order valence-electron chi connectivity index (χ3n) is 6.85. The molecular formula is C29H41NO5SSi. The van der Waals surface area contributed by atoms with Gasteiger partial charge in [0.15, 0.2) is 6.10 Å². The van der Waals surface area contributed by atoms with Gasteiger partial charge in [0.2, 0.25) is 8.32 Å². The average molecular weight is 544 g/mol. The molecule has 0 aliphatic carbocycles. The number of nitrogens with one attached hydrogen (secondary N) is 1. The van der Waals surface area contributed by atoms with Gasteiger partial charge in [-0.05, 0) is 54.2 Å². The second kappa shape index (κ2) is 12.8. The highest BCUT2D eigenvalue weighted by molar-refractivity contribution is 7.90. The predicted octanol–water partition coefficient (Wildman–Crippen LogP) is 6.20. The van der Waals surface area contributed by atoms with Crippen LogP contribution in [0.5, 0.6) is 0 Å². The second-order valence-corrected chi connectivity index (χ2v) is 17.5. The fourth-order valence-corrected chi connectivity index (χ4v) is 11.4. The van der Waals surface area contributed by atoms with Gasteiger partial charge in [-0.2, -0.15) is 0 Å². The summed E-state index contributed by atoms with van der Waals surface area (Å²) in [5, 5.41) is 10.7. The zero-order valence-corrected chi connectivity index (χ0v) is 25.0. The number of sulfonamides is 1. The van der Waals surface area contributed by atoms with E-state index < -0.39 is 36.5 Å². The monoisotopic (exact) mass is 543 g/mol. The van der Waals surface area contributed by atoms with Crippen molar-refractivity contribution in [3.05, 3.63) is 83.1 Å². The number of aliphatic hydroxyl groups is 1. The summed E-state index contributed by atoms with van der Waals surface area (Å²) >= 11 is 0. The summed E-state index contributed by atoms with van der Waals surface area (Å²) in [5.41, 5.74) is 5.62. The normalized spacial score (nSPS) is 13.8. The van der Waals surface area contributed by atoms with Crippen LogP contribution in [0.3, 0.4) is 0 Å². The summed E-state index contributed by atoms with van der Waals surface area (Å²) < 4.78 is 34.9. The van der Waals surface area contributed by atoms with Crippen molar-refractivity contribution in [1.29, 1.82) is 0 Å². The zero-order chi connectivity index (χ0) is 28.0. The van der Waals surface area contributed by atoms with Crippen LogP contribution < -0.4 is 4.72 Å². The Morgan fingerprint density at radius 2 is 1.46 bits per heavy atom. The molecule has 37 heavy (non-hydrogen) atoms. The molecule has 0 spiro atoms. The number of carbonyl (C=O) groups is 1. The van der Waals surface area contributed by atoms with E-state index in [0.717, 1.165) is 5.56 Å². The van der Waals surface area contributed by atoms with Crippen molar-refractivity contribution in [2.24, 2.45) is 0 Å². The number of carbonyl (C=O) groups excluding carboxylic acids is 1. The minimum atomic E-state index is -4.10. The average Bonchev–Trinajstić information content (AvgIpc) is 2.83. The lowest BCUT2D eigenvalue weighted by molar-refractivity contribution is -0.124. The van der Waals surface area contributed by atoms with Crippen molar-refractivity contribution in [1.82, 2.24) is 4.72 Å². The van der Waals surface area contributed by atoms with E-state index in [2.05, 4.69) is 52.0 Å². The Morgan fingerprint density at radius 3 is 1.95 bits per heavy atom. The van der Waals surface area contributed by atoms with E-state index in [-0.39, 0.29) is 21.5 Å². The lowest BCUT2D eigenvalue weighted by Crippen LogP contribution is -2.53. The van der Waals surface area contributed by atoms with Crippen LogP contribution in [0.2, 0.25) is 16.6 Å². The van der Waals surface area contributed by atoms with Crippen molar-refractivity contribution in [2.75, 3.05) is 0 Å². The molecule has 6 nitrogen and oxygen atoms in total. The molecule has 0 unspecified atom stereocenters. The molecule has 0 saturated heterocycles. The number of rotatable bonds is 11. The van der Waals surface area contributed by atoms with Crippen LogP contribution in [-0.4, -0.2) is 33.9 Å². The van der Waals surface area contributed by atoms with Gasteiger partial charge >= 0.3 is 0 Å². The Bertz CT molecular complexity index is 1190. The van der Waals surface area contributed by atoms with Gasteiger partial charge in [-0.1, -0.05) is 89.6 Å². The van der Waals surface area contributed by atoms with Crippen molar-refractivity contribution in [3.63, 3.8) is 0 Å². The standard InChI is InChI=1S/C29H41NO5SSi/c1-20(2)37(21(3)4,22(5)6)35-27(19-16-24(8)28(31)25-12-10-9-11-13-25)29(32)30-36(33,34)26-17-14-23(7)15-18-26/h9-15,17-22,27-28,31H,1-8H3,(H,30,32)/t16?,27-,28+/m1/s1. The molecule has 0 aliphatic heterocycles. The van der Waals surface area contributed by atoms with Crippen molar-refractivity contribution < 1.29 is 22.7 Å². The minimum Gasteiger partial charge on any atom is -0.401 e. The Hall–Kier alpha value is -2.48. The first kappa shape index (κ1) is 30.7. The summed E-state index contributed by atoms with van der Waals surface area (Å²) in [5.74, 6) is -0.783. The number of hydrogen-bond donors (Lipinski definition) is 2. The molecular weight excluding hydrogens is 502 g/mol. The van der Waals surface area contributed by atoms with E-state index in [0.29, 0.717) is 11.1 Å². The predicted molar refractivity (Wildman–Crippen MR) is 151 cm³/mol. The van der Waals surface area contributed by atoms with E-state index in [1.54, 1.807) is 31.2 Å². The topological polar surface area (TPSA) is 92.7 Å². The van der Waals surface area contributed by atoms with Gasteiger partial charge in [0, 0.05) is 5.57 Å². The van der Waals surface area contributed by atoms with E-state index in [1.807, 2.05) is 25.1 Å². The molecule has 0 aliphatic rings. The number of hydrogen-bond acceptors (Lipinski definition) is 5. The van der Waals surface area contributed by atoms with Gasteiger partial charge < -0.3 is 9.53 Å². The van der Waals surface area contributed by atoms with Crippen LogP contribution in [0.1, 0.15) is 65.7 Å². The van der Waals surface area contributed by atoms with E-state index in [9.17, 15) is 18.3 Å². The van der Waals surface area contributed by atoms with Crippen LogP contribution in [0.15, 0.2) is 76.9 Å².